The van der Waals surface area contributed by atoms with Gasteiger partial charge in [-0.3, -0.25) is 0 Å². The highest BCUT2D eigenvalue weighted by Crippen LogP contribution is 2.19. The van der Waals surface area contributed by atoms with Crippen molar-refractivity contribution in [3.05, 3.63) is 41.8 Å². The molecule has 0 fully saturated rings. The lowest BCUT2D eigenvalue weighted by molar-refractivity contribution is 0.367. The molecule has 0 aromatic carbocycles. The number of hydrogen-bond donors (Lipinski definition) is 1. The number of nitrogens with two attached hydrogens (primary N) is 1. The molecule has 0 aliphatic carbocycles. The quantitative estimate of drug-likeness (QED) is 0.765. The number of rotatable bonds is 4. The maximum absolute atomic E-state index is 5.76. The monoisotopic (exact) mass is 257 g/mol. The van der Waals surface area contributed by atoms with Crippen LogP contribution in [0.15, 0.2) is 29.0 Å². The minimum Gasteiger partial charge on any atom is -0.337 e. The van der Waals surface area contributed by atoms with Crippen LogP contribution in [0.3, 0.4) is 0 Å². The number of aromatic nitrogens is 4. The summed E-state index contributed by atoms with van der Waals surface area (Å²) in [7, 11) is 0. The van der Waals surface area contributed by atoms with E-state index < -0.39 is 0 Å². The largest absolute Gasteiger partial charge is 0.337 e. The Hall–Kier alpha value is -2.21. The third kappa shape index (κ3) is 2.10. The molecule has 0 atom stereocenters. The van der Waals surface area contributed by atoms with Crippen molar-refractivity contribution in [1.82, 2.24) is 19.7 Å². The zero-order valence-electron chi connectivity index (χ0n) is 10.7. The molecule has 0 saturated carbocycles. The molecule has 0 amide bonds. The summed E-state index contributed by atoms with van der Waals surface area (Å²) in [6, 6.07) is 3.93. The van der Waals surface area contributed by atoms with Crippen LogP contribution in [0.2, 0.25) is 0 Å². The first-order chi connectivity index (χ1) is 9.31. The Bertz CT molecular complexity index is 700. The van der Waals surface area contributed by atoms with Crippen LogP contribution in [0.5, 0.6) is 0 Å². The van der Waals surface area contributed by atoms with Gasteiger partial charge in [0.15, 0.2) is 5.82 Å². The fourth-order valence-electron chi connectivity index (χ4n) is 2.12. The summed E-state index contributed by atoms with van der Waals surface area (Å²) in [4.78, 5) is 8.70. The van der Waals surface area contributed by atoms with Crippen molar-refractivity contribution in [1.29, 1.82) is 0 Å². The summed E-state index contributed by atoms with van der Waals surface area (Å²) >= 11 is 0. The van der Waals surface area contributed by atoms with Crippen LogP contribution in [0.1, 0.15) is 24.2 Å². The van der Waals surface area contributed by atoms with Gasteiger partial charge in [-0.15, -0.1) is 0 Å². The average molecular weight is 257 g/mol. The molecule has 3 heterocycles. The Kier molecular flexibility index (Phi) is 3.00. The van der Waals surface area contributed by atoms with E-state index >= 15 is 0 Å². The molecule has 0 spiro atoms. The zero-order chi connectivity index (χ0) is 13.2. The second-order valence-electron chi connectivity index (χ2n) is 4.32. The van der Waals surface area contributed by atoms with Crippen molar-refractivity contribution in [3.63, 3.8) is 0 Å². The first kappa shape index (κ1) is 11.9. The first-order valence-electron chi connectivity index (χ1n) is 6.26. The van der Waals surface area contributed by atoms with Gasteiger partial charge in [0.05, 0.1) is 0 Å². The van der Waals surface area contributed by atoms with Crippen LogP contribution in [-0.2, 0) is 19.5 Å². The van der Waals surface area contributed by atoms with Gasteiger partial charge >= 0.3 is 0 Å². The molecule has 0 radical (unpaired) electrons. The van der Waals surface area contributed by atoms with Crippen molar-refractivity contribution < 1.29 is 4.52 Å². The third-order valence-electron chi connectivity index (χ3n) is 3.07. The Morgan fingerprint density at radius 1 is 1.42 bits per heavy atom. The van der Waals surface area contributed by atoms with E-state index in [2.05, 4.69) is 15.1 Å². The van der Waals surface area contributed by atoms with Crippen molar-refractivity contribution in [2.24, 2.45) is 5.73 Å². The average Bonchev–Trinajstić information content (AvgIpc) is 3.04. The lowest BCUT2D eigenvalue weighted by atomic mass is 10.2. The van der Waals surface area contributed by atoms with Gasteiger partial charge < -0.3 is 14.8 Å². The number of pyridine rings is 1. The van der Waals surface area contributed by atoms with Crippen molar-refractivity contribution in [2.75, 3.05) is 0 Å². The van der Waals surface area contributed by atoms with E-state index in [9.17, 15) is 0 Å². The Labute approximate surface area is 110 Å². The molecule has 0 aliphatic rings. The minimum absolute atomic E-state index is 0.485. The molecule has 98 valence electrons. The van der Waals surface area contributed by atoms with Gasteiger partial charge in [0.1, 0.15) is 12.2 Å². The Morgan fingerprint density at radius 2 is 2.32 bits per heavy atom. The van der Waals surface area contributed by atoms with Gasteiger partial charge in [0.25, 0.3) is 0 Å². The highest BCUT2D eigenvalue weighted by Gasteiger charge is 2.11. The Balaban J connectivity index is 2.00. The van der Waals surface area contributed by atoms with Gasteiger partial charge in [0, 0.05) is 30.7 Å². The smallest absolute Gasteiger partial charge is 0.246 e. The number of fused-ring (bicyclic) bond motifs is 1. The van der Waals surface area contributed by atoms with E-state index in [-0.39, 0.29) is 0 Å². The van der Waals surface area contributed by atoms with Gasteiger partial charge in [0.2, 0.25) is 5.89 Å². The molecule has 3 rings (SSSR count). The SMILES string of the molecule is CCc1noc(Cn2cc(CN)c3cccnc32)n1. The molecule has 0 bridgehead atoms. The molecular weight excluding hydrogens is 242 g/mol. The molecule has 0 unspecified atom stereocenters. The lowest BCUT2D eigenvalue weighted by Gasteiger charge is -1.99. The molecule has 0 saturated heterocycles. The summed E-state index contributed by atoms with van der Waals surface area (Å²) in [6.45, 7) is 2.99. The van der Waals surface area contributed by atoms with Crippen LogP contribution in [0.4, 0.5) is 0 Å². The van der Waals surface area contributed by atoms with Crippen molar-refractivity contribution in [3.8, 4) is 0 Å². The van der Waals surface area contributed by atoms with Crippen LogP contribution in [0, 0.1) is 0 Å². The first-order valence-corrected chi connectivity index (χ1v) is 6.26. The molecule has 2 N–H and O–H groups in total. The van der Waals surface area contributed by atoms with E-state index in [0.29, 0.717) is 19.0 Å². The lowest BCUT2D eigenvalue weighted by Crippen LogP contribution is -2.00. The molecule has 6 heteroatoms. The summed E-state index contributed by atoms with van der Waals surface area (Å²) in [5, 5.41) is 4.96. The van der Waals surface area contributed by atoms with Crippen molar-refractivity contribution >= 4 is 11.0 Å². The maximum atomic E-state index is 5.76. The number of hydrogen-bond acceptors (Lipinski definition) is 5. The standard InChI is InChI=1S/C13H15N5O/c1-2-11-16-12(19-17-11)8-18-7-9(6-14)10-4-3-5-15-13(10)18/h3-5,7H,2,6,8,14H2,1H3. The number of nitrogens with zero attached hydrogens (tertiary/aromatic N) is 4. The predicted octanol–water partition coefficient (Wildman–Crippen LogP) is 1.49. The van der Waals surface area contributed by atoms with E-state index in [4.69, 9.17) is 10.3 Å². The van der Waals surface area contributed by atoms with Gasteiger partial charge in [-0.25, -0.2) is 4.98 Å². The molecule has 0 aliphatic heterocycles. The topological polar surface area (TPSA) is 82.8 Å². The molecule has 3 aromatic rings. The molecular formula is C13H15N5O. The molecule has 6 nitrogen and oxygen atoms in total. The second kappa shape index (κ2) is 4.81. The maximum Gasteiger partial charge on any atom is 0.246 e. The fraction of sp³-hybridized carbons (Fsp3) is 0.308. The predicted molar refractivity (Wildman–Crippen MR) is 70.4 cm³/mol. The summed E-state index contributed by atoms with van der Waals surface area (Å²) < 4.78 is 7.20. The zero-order valence-corrected chi connectivity index (χ0v) is 10.7. The molecule has 19 heavy (non-hydrogen) atoms. The van der Waals surface area contributed by atoms with Crippen LogP contribution in [0.25, 0.3) is 11.0 Å². The van der Waals surface area contributed by atoms with E-state index in [1.807, 2.05) is 29.8 Å². The minimum atomic E-state index is 0.485. The normalized spacial score (nSPS) is 11.3. The van der Waals surface area contributed by atoms with Gasteiger partial charge in [-0.2, -0.15) is 4.98 Å². The fourth-order valence-corrected chi connectivity index (χ4v) is 2.12. The second-order valence-corrected chi connectivity index (χ2v) is 4.32. The highest BCUT2D eigenvalue weighted by atomic mass is 16.5. The summed E-state index contributed by atoms with van der Waals surface area (Å²) in [5.74, 6) is 1.31. The summed E-state index contributed by atoms with van der Waals surface area (Å²) in [5.41, 5.74) is 7.71. The summed E-state index contributed by atoms with van der Waals surface area (Å²) in [6.07, 6.45) is 4.53. The Morgan fingerprint density at radius 3 is 3.05 bits per heavy atom. The van der Waals surface area contributed by atoms with E-state index in [1.54, 1.807) is 6.20 Å². The van der Waals surface area contributed by atoms with Crippen LogP contribution in [-0.4, -0.2) is 19.7 Å². The van der Waals surface area contributed by atoms with E-state index in [0.717, 1.165) is 28.8 Å². The van der Waals surface area contributed by atoms with Gasteiger partial charge in [-0.1, -0.05) is 12.1 Å². The molecule has 3 aromatic heterocycles. The highest BCUT2D eigenvalue weighted by molar-refractivity contribution is 5.80. The van der Waals surface area contributed by atoms with Crippen LogP contribution < -0.4 is 5.73 Å². The van der Waals surface area contributed by atoms with E-state index in [1.165, 1.54) is 0 Å². The number of aryl methyl sites for hydroxylation is 1. The van der Waals surface area contributed by atoms with Crippen LogP contribution >= 0.6 is 0 Å². The van der Waals surface area contributed by atoms with Gasteiger partial charge in [-0.05, 0) is 17.7 Å². The third-order valence-corrected chi connectivity index (χ3v) is 3.07. The van der Waals surface area contributed by atoms with Crippen molar-refractivity contribution in [2.45, 2.75) is 26.4 Å².